The minimum absolute atomic E-state index is 0.106. The molecule has 146 valence electrons. The molecule has 1 heterocycles. The smallest absolute Gasteiger partial charge is 0.321 e. The van der Waals surface area contributed by atoms with E-state index in [1.165, 1.54) is 24.3 Å². The molecule has 0 bridgehead atoms. The standard InChI is InChI=1S/C21H13ClF3N3O/c22-14-7-4-8-15(11-14)28-19(21(23,24)25)17(12-26-28)20(29)27-18-10-3-6-13-5-1-2-9-16(13)18/h1-12H,(H,27,29). The van der Waals surface area contributed by atoms with Crippen molar-refractivity contribution in [3.63, 3.8) is 0 Å². The molecule has 0 saturated heterocycles. The molecule has 0 saturated carbocycles. The number of rotatable bonds is 3. The topological polar surface area (TPSA) is 46.9 Å². The SMILES string of the molecule is O=C(Nc1cccc2ccccc12)c1cnn(-c2cccc(Cl)c2)c1C(F)(F)F. The van der Waals surface area contributed by atoms with Crippen molar-refractivity contribution in [1.29, 1.82) is 0 Å². The molecule has 0 spiro atoms. The maximum absolute atomic E-state index is 13.8. The number of amides is 1. The second-order valence-electron chi connectivity index (χ2n) is 6.28. The molecule has 29 heavy (non-hydrogen) atoms. The highest BCUT2D eigenvalue weighted by atomic mass is 35.5. The zero-order valence-electron chi connectivity index (χ0n) is 14.7. The van der Waals surface area contributed by atoms with E-state index in [4.69, 9.17) is 11.6 Å². The van der Waals surface area contributed by atoms with Crippen LogP contribution in [-0.2, 0) is 6.18 Å². The minimum atomic E-state index is -4.80. The minimum Gasteiger partial charge on any atom is -0.321 e. The number of hydrogen-bond donors (Lipinski definition) is 1. The molecule has 1 amide bonds. The van der Waals surface area contributed by atoms with Gasteiger partial charge in [0.15, 0.2) is 5.69 Å². The van der Waals surface area contributed by atoms with Gasteiger partial charge in [0, 0.05) is 16.1 Å². The molecule has 3 aromatic carbocycles. The molecule has 0 atom stereocenters. The van der Waals surface area contributed by atoms with E-state index < -0.39 is 23.3 Å². The predicted octanol–water partition coefficient (Wildman–Crippen LogP) is 5.95. The van der Waals surface area contributed by atoms with Crippen molar-refractivity contribution in [2.45, 2.75) is 6.18 Å². The van der Waals surface area contributed by atoms with Crippen LogP contribution in [0.1, 0.15) is 16.1 Å². The average molecular weight is 416 g/mol. The molecular formula is C21H13ClF3N3O. The Morgan fingerprint density at radius 2 is 1.72 bits per heavy atom. The van der Waals surface area contributed by atoms with Gasteiger partial charge in [0.05, 0.1) is 17.4 Å². The maximum Gasteiger partial charge on any atom is 0.434 e. The molecule has 0 radical (unpaired) electrons. The van der Waals surface area contributed by atoms with E-state index in [0.29, 0.717) is 10.4 Å². The molecule has 0 aliphatic rings. The van der Waals surface area contributed by atoms with Crippen molar-refractivity contribution in [3.05, 3.63) is 89.2 Å². The summed E-state index contributed by atoms with van der Waals surface area (Å²) in [6, 6.07) is 18.3. The van der Waals surface area contributed by atoms with Gasteiger partial charge in [-0.25, -0.2) is 4.68 Å². The first kappa shape index (κ1) is 19.0. The quantitative estimate of drug-likeness (QED) is 0.449. The highest BCUT2D eigenvalue weighted by Crippen LogP contribution is 2.34. The van der Waals surface area contributed by atoms with Crippen LogP contribution < -0.4 is 5.32 Å². The molecule has 4 nitrogen and oxygen atoms in total. The zero-order chi connectivity index (χ0) is 20.6. The van der Waals surface area contributed by atoms with Gasteiger partial charge >= 0.3 is 6.18 Å². The highest BCUT2D eigenvalue weighted by Gasteiger charge is 2.40. The Hall–Kier alpha value is -3.32. The van der Waals surface area contributed by atoms with Gasteiger partial charge in [0.25, 0.3) is 5.91 Å². The van der Waals surface area contributed by atoms with Gasteiger partial charge < -0.3 is 5.32 Å². The molecular weight excluding hydrogens is 403 g/mol. The van der Waals surface area contributed by atoms with Crippen LogP contribution in [0.3, 0.4) is 0 Å². The fourth-order valence-corrected chi connectivity index (χ4v) is 3.30. The average Bonchev–Trinajstić information content (AvgIpc) is 3.14. The summed E-state index contributed by atoms with van der Waals surface area (Å²) < 4.78 is 42.1. The number of halogens is 4. The summed E-state index contributed by atoms with van der Waals surface area (Å²) in [6.07, 6.45) is -3.89. The van der Waals surface area contributed by atoms with Crippen LogP contribution in [0.25, 0.3) is 16.5 Å². The Morgan fingerprint density at radius 3 is 2.48 bits per heavy atom. The van der Waals surface area contributed by atoms with Crippen LogP contribution in [0.4, 0.5) is 18.9 Å². The number of nitrogens with zero attached hydrogens (tertiary/aromatic N) is 2. The van der Waals surface area contributed by atoms with Crippen molar-refractivity contribution in [1.82, 2.24) is 9.78 Å². The van der Waals surface area contributed by atoms with Crippen molar-refractivity contribution >= 4 is 34.0 Å². The first-order valence-electron chi connectivity index (χ1n) is 8.55. The monoisotopic (exact) mass is 415 g/mol. The zero-order valence-corrected chi connectivity index (χ0v) is 15.5. The van der Waals surface area contributed by atoms with E-state index in [1.807, 2.05) is 18.2 Å². The second-order valence-corrected chi connectivity index (χ2v) is 6.71. The van der Waals surface area contributed by atoms with Crippen LogP contribution in [0.15, 0.2) is 72.9 Å². The lowest BCUT2D eigenvalue weighted by atomic mass is 10.1. The predicted molar refractivity (Wildman–Crippen MR) is 105 cm³/mol. The first-order chi connectivity index (χ1) is 13.8. The van der Waals surface area contributed by atoms with Crippen LogP contribution in [-0.4, -0.2) is 15.7 Å². The van der Waals surface area contributed by atoms with Gasteiger partial charge in [0.2, 0.25) is 0 Å². The first-order valence-corrected chi connectivity index (χ1v) is 8.92. The third-order valence-electron chi connectivity index (χ3n) is 4.37. The lowest BCUT2D eigenvalue weighted by Gasteiger charge is -2.13. The lowest BCUT2D eigenvalue weighted by molar-refractivity contribution is -0.143. The summed E-state index contributed by atoms with van der Waals surface area (Å²) in [5.41, 5.74) is -1.23. The van der Waals surface area contributed by atoms with Gasteiger partial charge in [-0.2, -0.15) is 18.3 Å². The fraction of sp³-hybridized carbons (Fsp3) is 0.0476. The van der Waals surface area contributed by atoms with Gasteiger partial charge in [0.1, 0.15) is 0 Å². The number of benzene rings is 3. The number of hydrogen-bond acceptors (Lipinski definition) is 2. The van der Waals surface area contributed by atoms with Gasteiger partial charge in [-0.05, 0) is 29.7 Å². The van der Waals surface area contributed by atoms with Gasteiger partial charge in [-0.15, -0.1) is 0 Å². The number of nitrogens with one attached hydrogen (secondary N) is 1. The summed E-state index contributed by atoms with van der Waals surface area (Å²) in [4.78, 5) is 12.7. The third kappa shape index (κ3) is 3.69. The lowest BCUT2D eigenvalue weighted by Crippen LogP contribution is -2.20. The van der Waals surface area contributed by atoms with Crippen LogP contribution in [0, 0.1) is 0 Å². The fourth-order valence-electron chi connectivity index (χ4n) is 3.12. The molecule has 0 aliphatic carbocycles. The Bertz CT molecular complexity index is 1210. The van der Waals surface area contributed by atoms with E-state index in [9.17, 15) is 18.0 Å². The molecule has 0 fully saturated rings. The Balaban J connectivity index is 1.77. The largest absolute Gasteiger partial charge is 0.434 e. The normalized spacial score (nSPS) is 11.6. The van der Waals surface area contributed by atoms with E-state index >= 15 is 0 Å². The Morgan fingerprint density at radius 1 is 1.00 bits per heavy atom. The Labute approximate surface area is 168 Å². The van der Waals surface area contributed by atoms with Crippen molar-refractivity contribution in [2.24, 2.45) is 0 Å². The van der Waals surface area contributed by atoms with E-state index in [-0.39, 0.29) is 10.7 Å². The molecule has 4 rings (SSSR count). The molecule has 0 unspecified atom stereocenters. The number of aromatic nitrogens is 2. The maximum atomic E-state index is 13.8. The number of anilines is 1. The molecule has 8 heteroatoms. The highest BCUT2D eigenvalue weighted by molar-refractivity contribution is 6.30. The summed E-state index contributed by atoms with van der Waals surface area (Å²) in [5.74, 6) is -0.901. The van der Waals surface area contributed by atoms with Gasteiger partial charge in [-0.3, -0.25) is 4.79 Å². The summed E-state index contributed by atoms with van der Waals surface area (Å²) >= 11 is 5.89. The van der Waals surface area contributed by atoms with Crippen LogP contribution in [0.2, 0.25) is 5.02 Å². The van der Waals surface area contributed by atoms with Crippen molar-refractivity contribution in [3.8, 4) is 5.69 Å². The molecule has 1 aromatic heterocycles. The van der Waals surface area contributed by atoms with E-state index in [1.54, 1.807) is 24.3 Å². The number of fused-ring (bicyclic) bond motifs is 1. The summed E-state index contributed by atoms with van der Waals surface area (Å²) in [5, 5.41) is 8.20. The number of alkyl halides is 3. The molecule has 1 N–H and O–H groups in total. The van der Waals surface area contributed by atoms with E-state index in [0.717, 1.165) is 17.0 Å². The van der Waals surface area contributed by atoms with Crippen molar-refractivity contribution in [2.75, 3.05) is 5.32 Å². The van der Waals surface area contributed by atoms with Crippen LogP contribution in [0.5, 0.6) is 0 Å². The Kier molecular flexibility index (Phi) is 4.76. The van der Waals surface area contributed by atoms with Gasteiger partial charge in [-0.1, -0.05) is 54.1 Å². The molecule has 0 aliphatic heterocycles. The third-order valence-corrected chi connectivity index (χ3v) is 4.61. The number of carbonyl (C=O) groups is 1. The summed E-state index contributed by atoms with van der Waals surface area (Å²) in [7, 11) is 0. The summed E-state index contributed by atoms with van der Waals surface area (Å²) in [6.45, 7) is 0. The number of carbonyl (C=O) groups excluding carboxylic acids is 1. The van der Waals surface area contributed by atoms with Crippen molar-refractivity contribution < 1.29 is 18.0 Å². The van der Waals surface area contributed by atoms with E-state index in [2.05, 4.69) is 10.4 Å². The van der Waals surface area contributed by atoms with Crippen LogP contribution >= 0.6 is 11.6 Å². The molecule has 4 aromatic rings. The second kappa shape index (κ2) is 7.25.